The number of hydrogen-bond acceptors (Lipinski definition) is 3. The zero-order valence-electron chi connectivity index (χ0n) is 11.1. The molecule has 0 saturated carbocycles. The van der Waals surface area contributed by atoms with Gasteiger partial charge in [0.2, 0.25) is 0 Å². The van der Waals surface area contributed by atoms with Gasteiger partial charge in [0, 0.05) is 6.54 Å². The molecule has 0 radical (unpaired) electrons. The third-order valence-corrected chi connectivity index (χ3v) is 3.36. The van der Waals surface area contributed by atoms with E-state index in [0.29, 0.717) is 16.8 Å². The molecule has 0 spiro atoms. The zero-order valence-corrected chi connectivity index (χ0v) is 12.7. The Morgan fingerprint density at radius 1 is 1.29 bits per heavy atom. The maximum absolute atomic E-state index is 13.4. The van der Waals surface area contributed by atoms with E-state index in [1.165, 1.54) is 12.1 Å². The molecule has 110 valence electrons. The molecule has 0 aliphatic rings. The molecule has 21 heavy (non-hydrogen) atoms. The fourth-order valence-corrected chi connectivity index (χ4v) is 2.22. The van der Waals surface area contributed by atoms with Gasteiger partial charge in [0.25, 0.3) is 5.91 Å². The first-order valence-corrected chi connectivity index (χ1v) is 7.05. The summed E-state index contributed by atoms with van der Waals surface area (Å²) in [6.45, 7) is 0.210. The smallest absolute Gasteiger partial charge is 0.262 e. The van der Waals surface area contributed by atoms with Crippen molar-refractivity contribution in [2.24, 2.45) is 5.73 Å². The van der Waals surface area contributed by atoms with Crippen molar-refractivity contribution in [2.45, 2.75) is 6.54 Å². The van der Waals surface area contributed by atoms with E-state index < -0.39 is 11.7 Å². The minimum absolute atomic E-state index is 0.128. The Hall–Kier alpha value is -1.92. The van der Waals surface area contributed by atoms with E-state index in [4.69, 9.17) is 10.5 Å². The van der Waals surface area contributed by atoms with Crippen LogP contribution < -0.4 is 15.8 Å². The van der Waals surface area contributed by atoms with Crippen molar-refractivity contribution < 1.29 is 13.9 Å². The van der Waals surface area contributed by atoms with Crippen LogP contribution in [0.25, 0.3) is 0 Å². The summed E-state index contributed by atoms with van der Waals surface area (Å²) in [4.78, 5) is 11.7. The van der Waals surface area contributed by atoms with Gasteiger partial charge in [-0.15, -0.1) is 0 Å². The Labute approximate surface area is 130 Å². The van der Waals surface area contributed by atoms with Gasteiger partial charge in [-0.3, -0.25) is 4.79 Å². The standard InChI is InChI=1S/C15H14BrFN2O2/c16-11-7-10(8-18)5-6-14(11)21-9-15(20)19-13-4-2-1-3-12(13)17/h1-7H,8-9,18H2,(H,19,20). The number of para-hydroxylation sites is 1. The van der Waals surface area contributed by atoms with Gasteiger partial charge in [-0.05, 0) is 45.8 Å². The van der Waals surface area contributed by atoms with Crippen LogP contribution in [-0.2, 0) is 11.3 Å². The van der Waals surface area contributed by atoms with Gasteiger partial charge < -0.3 is 15.8 Å². The lowest BCUT2D eigenvalue weighted by Crippen LogP contribution is -2.20. The van der Waals surface area contributed by atoms with Crippen molar-refractivity contribution in [2.75, 3.05) is 11.9 Å². The van der Waals surface area contributed by atoms with Crippen LogP contribution in [0.4, 0.5) is 10.1 Å². The first-order chi connectivity index (χ1) is 10.1. The molecular weight excluding hydrogens is 339 g/mol. The third-order valence-electron chi connectivity index (χ3n) is 2.74. The second-order valence-electron chi connectivity index (χ2n) is 4.29. The minimum atomic E-state index is -0.487. The number of ether oxygens (including phenoxy) is 1. The van der Waals surface area contributed by atoms with Crippen LogP contribution in [0.3, 0.4) is 0 Å². The number of rotatable bonds is 5. The lowest BCUT2D eigenvalue weighted by molar-refractivity contribution is -0.118. The molecule has 0 aromatic heterocycles. The fourth-order valence-electron chi connectivity index (χ4n) is 1.68. The number of carbonyl (C=O) groups is 1. The molecule has 4 nitrogen and oxygen atoms in total. The maximum atomic E-state index is 13.4. The summed E-state index contributed by atoms with van der Waals surface area (Å²) < 4.78 is 19.5. The van der Waals surface area contributed by atoms with Crippen LogP contribution >= 0.6 is 15.9 Å². The molecule has 0 unspecified atom stereocenters. The van der Waals surface area contributed by atoms with Crippen molar-refractivity contribution in [1.82, 2.24) is 0 Å². The van der Waals surface area contributed by atoms with Crippen molar-refractivity contribution in [3.8, 4) is 5.75 Å². The highest BCUT2D eigenvalue weighted by atomic mass is 79.9. The molecular formula is C15H14BrFN2O2. The molecule has 3 N–H and O–H groups in total. The monoisotopic (exact) mass is 352 g/mol. The van der Waals surface area contributed by atoms with Gasteiger partial charge in [0.05, 0.1) is 10.2 Å². The van der Waals surface area contributed by atoms with Gasteiger partial charge in [0.15, 0.2) is 6.61 Å². The van der Waals surface area contributed by atoms with E-state index in [1.54, 1.807) is 18.2 Å². The SMILES string of the molecule is NCc1ccc(OCC(=O)Nc2ccccc2F)c(Br)c1. The summed E-state index contributed by atoms with van der Waals surface area (Å²) in [5.41, 5.74) is 6.61. The molecule has 0 aliphatic heterocycles. The van der Waals surface area contributed by atoms with E-state index in [2.05, 4.69) is 21.2 Å². The number of carbonyl (C=O) groups excluding carboxylic acids is 1. The fraction of sp³-hybridized carbons (Fsp3) is 0.133. The van der Waals surface area contributed by atoms with Crippen molar-refractivity contribution >= 4 is 27.5 Å². The van der Waals surface area contributed by atoms with Crippen LogP contribution in [0.15, 0.2) is 46.9 Å². The predicted molar refractivity (Wildman–Crippen MR) is 82.6 cm³/mol. The van der Waals surface area contributed by atoms with E-state index >= 15 is 0 Å². The lowest BCUT2D eigenvalue weighted by Gasteiger charge is -2.10. The number of amides is 1. The second kappa shape index (κ2) is 7.19. The highest BCUT2D eigenvalue weighted by Crippen LogP contribution is 2.25. The summed E-state index contributed by atoms with van der Waals surface area (Å²) >= 11 is 3.34. The van der Waals surface area contributed by atoms with E-state index in [9.17, 15) is 9.18 Å². The van der Waals surface area contributed by atoms with E-state index in [-0.39, 0.29) is 12.3 Å². The summed E-state index contributed by atoms with van der Waals surface area (Å²) in [6, 6.07) is 11.3. The van der Waals surface area contributed by atoms with Gasteiger partial charge in [-0.25, -0.2) is 4.39 Å². The summed E-state index contributed by atoms with van der Waals surface area (Å²) in [6.07, 6.45) is 0. The lowest BCUT2D eigenvalue weighted by atomic mass is 10.2. The predicted octanol–water partition coefficient (Wildman–Crippen LogP) is 3.06. The average Bonchev–Trinajstić information content (AvgIpc) is 2.48. The molecule has 2 aromatic carbocycles. The Kier molecular flexibility index (Phi) is 5.30. The van der Waals surface area contributed by atoms with Crippen molar-refractivity contribution in [1.29, 1.82) is 0 Å². The highest BCUT2D eigenvalue weighted by Gasteiger charge is 2.08. The number of nitrogens with one attached hydrogen (secondary N) is 1. The topological polar surface area (TPSA) is 64.3 Å². The molecule has 0 bridgehead atoms. The zero-order chi connectivity index (χ0) is 15.2. The van der Waals surface area contributed by atoms with Crippen molar-refractivity contribution in [3.05, 3.63) is 58.3 Å². The van der Waals surface area contributed by atoms with Gasteiger partial charge in [0.1, 0.15) is 11.6 Å². The highest BCUT2D eigenvalue weighted by molar-refractivity contribution is 9.10. The number of benzene rings is 2. The second-order valence-corrected chi connectivity index (χ2v) is 5.14. The normalized spacial score (nSPS) is 10.2. The Bertz CT molecular complexity index is 649. The van der Waals surface area contributed by atoms with Crippen LogP contribution in [0.2, 0.25) is 0 Å². The van der Waals surface area contributed by atoms with E-state index in [1.807, 2.05) is 12.1 Å². The van der Waals surface area contributed by atoms with Gasteiger partial charge in [-0.1, -0.05) is 18.2 Å². The summed E-state index contributed by atoms with van der Waals surface area (Å²) in [5, 5.41) is 2.45. The maximum Gasteiger partial charge on any atom is 0.262 e. The Morgan fingerprint density at radius 3 is 2.71 bits per heavy atom. The number of halogens is 2. The minimum Gasteiger partial charge on any atom is -0.483 e. The molecule has 0 heterocycles. The van der Waals surface area contributed by atoms with E-state index in [0.717, 1.165) is 5.56 Å². The van der Waals surface area contributed by atoms with Gasteiger partial charge in [-0.2, -0.15) is 0 Å². The molecule has 0 atom stereocenters. The van der Waals surface area contributed by atoms with Crippen LogP contribution in [0, 0.1) is 5.82 Å². The average molecular weight is 353 g/mol. The molecule has 2 aromatic rings. The van der Waals surface area contributed by atoms with Crippen molar-refractivity contribution in [3.63, 3.8) is 0 Å². The molecule has 6 heteroatoms. The van der Waals surface area contributed by atoms with Gasteiger partial charge >= 0.3 is 0 Å². The van der Waals surface area contributed by atoms with Crippen LogP contribution in [0.5, 0.6) is 5.75 Å². The molecule has 2 rings (SSSR count). The Morgan fingerprint density at radius 2 is 2.05 bits per heavy atom. The molecule has 1 amide bonds. The quantitative estimate of drug-likeness (QED) is 0.868. The molecule has 0 fully saturated rings. The third kappa shape index (κ3) is 4.27. The first-order valence-electron chi connectivity index (χ1n) is 6.26. The molecule has 0 saturated heterocycles. The number of nitrogens with two attached hydrogens (primary N) is 1. The molecule has 0 aliphatic carbocycles. The number of hydrogen-bond donors (Lipinski definition) is 2. The first kappa shape index (κ1) is 15.5. The van der Waals surface area contributed by atoms with Crippen LogP contribution in [0.1, 0.15) is 5.56 Å². The van der Waals surface area contributed by atoms with Crippen LogP contribution in [-0.4, -0.2) is 12.5 Å². The Balaban J connectivity index is 1.94. The summed E-state index contributed by atoms with van der Waals surface area (Å²) in [7, 11) is 0. The number of anilines is 1. The largest absolute Gasteiger partial charge is 0.483 e. The summed E-state index contributed by atoms with van der Waals surface area (Å²) in [5.74, 6) is -0.398.